The first kappa shape index (κ1) is 18.4. The van der Waals surface area contributed by atoms with E-state index in [9.17, 15) is 9.59 Å². The predicted octanol–water partition coefficient (Wildman–Crippen LogP) is 2.39. The second-order valence-corrected chi connectivity index (χ2v) is 7.26. The maximum atomic E-state index is 13.6. The lowest BCUT2D eigenvalue weighted by Crippen LogP contribution is -2.59. The van der Waals surface area contributed by atoms with Crippen LogP contribution in [-0.4, -0.2) is 71.6 Å². The van der Waals surface area contributed by atoms with Crippen molar-refractivity contribution in [2.24, 2.45) is 0 Å². The molecular formula is C20H24N6O2. The lowest BCUT2D eigenvalue weighted by atomic mass is 10.1. The second kappa shape index (κ2) is 7.21. The van der Waals surface area contributed by atoms with Gasteiger partial charge >= 0.3 is 6.03 Å². The van der Waals surface area contributed by atoms with Gasteiger partial charge in [0.2, 0.25) is 0 Å². The van der Waals surface area contributed by atoms with Crippen LogP contribution in [-0.2, 0) is 0 Å². The van der Waals surface area contributed by atoms with Gasteiger partial charge in [0.15, 0.2) is 5.82 Å². The number of urea groups is 1. The number of aromatic nitrogens is 1. The third kappa shape index (κ3) is 3.10. The number of nitrogens with zero attached hydrogens (tertiary/aromatic N) is 5. The van der Waals surface area contributed by atoms with E-state index in [1.165, 1.54) is 4.90 Å². The number of benzene rings is 1. The zero-order chi connectivity index (χ0) is 19.8. The van der Waals surface area contributed by atoms with Crippen molar-refractivity contribution in [2.75, 3.05) is 43.9 Å². The molecule has 1 N–H and O–H groups in total. The summed E-state index contributed by atoms with van der Waals surface area (Å²) in [6.45, 7) is 4.62. The van der Waals surface area contributed by atoms with Crippen molar-refractivity contribution in [3.63, 3.8) is 0 Å². The van der Waals surface area contributed by atoms with Crippen molar-refractivity contribution in [1.29, 1.82) is 0 Å². The molecule has 8 heteroatoms. The van der Waals surface area contributed by atoms with Gasteiger partial charge in [-0.1, -0.05) is 12.1 Å². The van der Waals surface area contributed by atoms with Crippen molar-refractivity contribution in [3.05, 3.63) is 48.2 Å². The fraction of sp³-hybridized carbons (Fsp3) is 0.350. The number of carbonyl (C=O) groups excluding carboxylic acids is 2. The summed E-state index contributed by atoms with van der Waals surface area (Å²) in [5.74, 6) is 0.162. The normalized spacial score (nSPS) is 20.0. The Hall–Kier alpha value is -2.97. The standard InChI is InChI=1S/C20H24N6O2/c1-14-13-23(2)11-12-25(14)24(3)20(28)26-17-9-5-4-7-15(17)19(27)22-16-8-6-10-21-18(16)26/h4-10,14H,11-13H2,1-3H3,(H,22,27). The highest BCUT2D eigenvalue weighted by Gasteiger charge is 2.35. The van der Waals surface area contributed by atoms with E-state index < -0.39 is 0 Å². The summed E-state index contributed by atoms with van der Waals surface area (Å²) in [6.07, 6.45) is 1.62. The van der Waals surface area contributed by atoms with Gasteiger partial charge in [0.25, 0.3) is 5.91 Å². The topological polar surface area (TPSA) is 72.0 Å². The molecule has 1 aromatic heterocycles. The average Bonchev–Trinajstić information content (AvgIpc) is 2.81. The van der Waals surface area contributed by atoms with E-state index in [0.717, 1.165) is 19.6 Å². The number of para-hydroxylation sites is 1. The number of pyridine rings is 1. The van der Waals surface area contributed by atoms with Crippen LogP contribution in [0.4, 0.5) is 22.0 Å². The molecule has 2 aliphatic heterocycles. The first-order chi connectivity index (χ1) is 13.5. The van der Waals surface area contributed by atoms with Crippen molar-refractivity contribution in [3.8, 4) is 0 Å². The van der Waals surface area contributed by atoms with Gasteiger partial charge in [0.05, 0.1) is 16.9 Å². The first-order valence-corrected chi connectivity index (χ1v) is 9.35. The molecule has 1 saturated heterocycles. The summed E-state index contributed by atoms with van der Waals surface area (Å²) in [7, 11) is 3.85. The van der Waals surface area contributed by atoms with Gasteiger partial charge in [-0.2, -0.15) is 0 Å². The number of hydrogen-bond donors (Lipinski definition) is 1. The van der Waals surface area contributed by atoms with Crippen molar-refractivity contribution in [2.45, 2.75) is 13.0 Å². The van der Waals surface area contributed by atoms with E-state index in [1.807, 2.05) is 6.07 Å². The number of likely N-dealkylation sites (N-methyl/N-ethyl adjacent to an activating group) is 1. The molecule has 0 saturated carbocycles. The van der Waals surface area contributed by atoms with E-state index in [-0.39, 0.29) is 18.0 Å². The smallest absolute Gasteiger partial charge is 0.319 e. The van der Waals surface area contributed by atoms with Gasteiger partial charge in [0, 0.05) is 38.9 Å². The molecule has 1 unspecified atom stereocenters. The zero-order valence-electron chi connectivity index (χ0n) is 16.3. The van der Waals surface area contributed by atoms with Crippen LogP contribution in [0, 0.1) is 0 Å². The maximum absolute atomic E-state index is 13.6. The molecule has 0 aliphatic carbocycles. The number of nitrogens with one attached hydrogen (secondary N) is 1. The minimum absolute atomic E-state index is 0.192. The molecule has 3 heterocycles. The third-order valence-electron chi connectivity index (χ3n) is 5.29. The Bertz CT molecular complexity index is 917. The molecule has 2 aliphatic rings. The number of hydrazine groups is 1. The molecule has 146 valence electrons. The molecular weight excluding hydrogens is 356 g/mol. The van der Waals surface area contributed by atoms with Crippen LogP contribution in [0.1, 0.15) is 17.3 Å². The van der Waals surface area contributed by atoms with Gasteiger partial charge < -0.3 is 10.2 Å². The fourth-order valence-electron chi connectivity index (χ4n) is 3.86. The van der Waals surface area contributed by atoms with E-state index >= 15 is 0 Å². The quantitative estimate of drug-likeness (QED) is 0.823. The van der Waals surface area contributed by atoms with Gasteiger partial charge in [-0.25, -0.2) is 19.7 Å². The maximum Gasteiger partial charge on any atom is 0.344 e. The van der Waals surface area contributed by atoms with Crippen molar-refractivity contribution < 1.29 is 9.59 Å². The van der Waals surface area contributed by atoms with E-state index in [1.54, 1.807) is 48.6 Å². The highest BCUT2D eigenvalue weighted by Crippen LogP contribution is 2.37. The Balaban J connectivity index is 1.77. The van der Waals surface area contributed by atoms with Crippen LogP contribution in [0.2, 0.25) is 0 Å². The van der Waals surface area contributed by atoms with E-state index in [2.05, 4.69) is 34.2 Å². The lowest BCUT2D eigenvalue weighted by Gasteiger charge is -2.44. The van der Waals surface area contributed by atoms with Crippen LogP contribution in [0.25, 0.3) is 0 Å². The Kier molecular flexibility index (Phi) is 4.74. The summed E-state index contributed by atoms with van der Waals surface area (Å²) in [6, 6.07) is 10.5. The Morgan fingerprint density at radius 1 is 1.21 bits per heavy atom. The molecule has 0 spiro atoms. The predicted molar refractivity (Wildman–Crippen MR) is 108 cm³/mol. The number of rotatable bonds is 1. The molecule has 0 bridgehead atoms. The van der Waals surface area contributed by atoms with Crippen molar-refractivity contribution >= 4 is 29.1 Å². The molecule has 0 radical (unpaired) electrons. The average molecular weight is 380 g/mol. The lowest BCUT2D eigenvalue weighted by molar-refractivity contribution is -0.0362. The van der Waals surface area contributed by atoms with Gasteiger partial charge in [0.1, 0.15) is 0 Å². The molecule has 4 rings (SSSR count). The fourth-order valence-corrected chi connectivity index (χ4v) is 3.86. The van der Waals surface area contributed by atoms with Crippen LogP contribution < -0.4 is 10.2 Å². The molecule has 8 nitrogen and oxygen atoms in total. The molecule has 1 fully saturated rings. The number of fused-ring (bicyclic) bond motifs is 2. The Morgan fingerprint density at radius 3 is 2.79 bits per heavy atom. The number of amides is 3. The minimum Gasteiger partial charge on any atom is -0.319 e. The molecule has 2 aromatic rings. The number of carbonyl (C=O) groups is 2. The largest absolute Gasteiger partial charge is 0.344 e. The number of piperazine rings is 1. The number of hydrogen-bond acceptors (Lipinski definition) is 5. The van der Waals surface area contributed by atoms with Crippen LogP contribution in [0.15, 0.2) is 42.6 Å². The summed E-state index contributed by atoms with van der Waals surface area (Å²) < 4.78 is 0. The second-order valence-electron chi connectivity index (χ2n) is 7.26. The molecule has 28 heavy (non-hydrogen) atoms. The summed E-state index contributed by atoms with van der Waals surface area (Å²) in [5.41, 5.74) is 1.47. The molecule has 3 amide bonds. The Morgan fingerprint density at radius 2 is 2.00 bits per heavy atom. The van der Waals surface area contributed by atoms with E-state index in [0.29, 0.717) is 22.8 Å². The highest BCUT2D eigenvalue weighted by molar-refractivity contribution is 6.16. The van der Waals surface area contributed by atoms with Crippen LogP contribution in [0.5, 0.6) is 0 Å². The number of anilines is 3. The summed E-state index contributed by atoms with van der Waals surface area (Å²) in [4.78, 5) is 34.5. The molecule has 1 atom stereocenters. The summed E-state index contributed by atoms with van der Waals surface area (Å²) in [5, 5.41) is 6.57. The van der Waals surface area contributed by atoms with Gasteiger partial charge in [-0.3, -0.25) is 9.80 Å². The Labute approximate surface area is 164 Å². The SMILES string of the molecule is CC1CN(C)CCN1N(C)C(=O)N1c2ccccc2C(=O)Nc2cccnc21. The van der Waals surface area contributed by atoms with Gasteiger partial charge in [-0.15, -0.1) is 0 Å². The first-order valence-electron chi connectivity index (χ1n) is 9.35. The highest BCUT2D eigenvalue weighted by atomic mass is 16.2. The minimum atomic E-state index is -0.254. The van der Waals surface area contributed by atoms with Gasteiger partial charge in [-0.05, 0) is 38.2 Å². The van der Waals surface area contributed by atoms with Crippen molar-refractivity contribution in [1.82, 2.24) is 19.9 Å². The molecule has 1 aromatic carbocycles. The zero-order valence-corrected chi connectivity index (χ0v) is 16.3. The third-order valence-corrected chi connectivity index (χ3v) is 5.29. The van der Waals surface area contributed by atoms with Crippen LogP contribution in [0.3, 0.4) is 0 Å². The van der Waals surface area contributed by atoms with Crippen LogP contribution >= 0.6 is 0 Å². The monoisotopic (exact) mass is 380 g/mol. The summed E-state index contributed by atoms with van der Waals surface area (Å²) >= 11 is 0. The van der Waals surface area contributed by atoms with E-state index in [4.69, 9.17) is 0 Å².